The van der Waals surface area contributed by atoms with Gasteiger partial charge in [0, 0.05) is 29.1 Å². The number of rotatable bonds is 3. The molecule has 0 aliphatic heterocycles. The summed E-state index contributed by atoms with van der Waals surface area (Å²) >= 11 is 0. The zero-order chi connectivity index (χ0) is 15.0. The van der Waals surface area contributed by atoms with Crippen LogP contribution in [0.15, 0.2) is 18.2 Å². The van der Waals surface area contributed by atoms with Gasteiger partial charge in [-0.1, -0.05) is 13.8 Å². The Balaban J connectivity index is 1.79. The van der Waals surface area contributed by atoms with Gasteiger partial charge in [-0.05, 0) is 48.9 Å². The average molecular weight is 288 g/mol. The molecule has 1 aliphatic rings. The number of hydrogen-bond acceptors (Lipinski definition) is 1. The van der Waals surface area contributed by atoms with Gasteiger partial charge in [-0.3, -0.25) is 4.79 Å². The van der Waals surface area contributed by atoms with Crippen LogP contribution >= 0.6 is 0 Å². The predicted octanol–water partition coefficient (Wildman–Crippen LogP) is 3.33. The summed E-state index contributed by atoms with van der Waals surface area (Å²) in [5.74, 6) is 0.270. The van der Waals surface area contributed by atoms with Crippen LogP contribution in [0.3, 0.4) is 0 Å². The van der Waals surface area contributed by atoms with Crippen LogP contribution in [0.4, 0.5) is 4.39 Å². The Morgan fingerprint density at radius 3 is 3.05 bits per heavy atom. The summed E-state index contributed by atoms with van der Waals surface area (Å²) in [7, 11) is 0. The Morgan fingerprint density at radius 2 is 2.29 bits per heavy atom. The minimum atomic E-state index is -0.213. The summed E-state index contributed by atoms with van der Waals surface area (Å²) in [6, 6.07) is 5.01. The predicted molar refractivity (Wildman–Crippen MR) is 81.7 cm³/mol. The third-order valence-corrected chi connectivity index (χ3v) is 4.11. The van der Waals surface area contributed by atoms with Gasteiger partial charge in [0.15, 0.2) is 0 Å². The number of nitrogens with one attached hydrogen (secondary N) is 2. The molecule has 0 saturated heterocycles. The third-order valence-electron chi connectivity index (χ3n) is 4.11. The molecule has 2 aromatic rings. The number of amides is 1. The van der Waals surface area contributed by atoms with Crippen molar-refractivity contribution < 1.29 is 9.18 Å². The molecule has 21 heavy (non-hydrogen) atoms. The Kier molecular flexibility index (Phi) is 3.70. The molecule has 0 saturated carbocycles. The fourth-order valence-electron chi connectivity index (χ4n) is 3.17. The quantitative estimate of drug-likeness (QED) is 0.894. The summed E-state index contributed by atoms with van der Waals surface area (Å²) in [6.07, 6.45) is 3.18. The minimum Gasteiger partial charge on any atom is -0.358 e. The lowest BCUT2D eigenvalue weighted by Crippen LogP contribution is -2.39. The van der Waals surface area contributed by atoms with Crippen molar-refractivity contribution in [2.75, 3.05) is 0 Å². The molecule has 112 valence electrons. The maximum atomic E-state index is 13.5. The number of aromatic amines is 1. The van der Waals surface area contributed by atoms with E-state index in [2.05, 4.69) is 10.3 Å². The van der Waals surface area contributed by atoms with Crippen LogP contribution in [-0.2, 0) is 17.6 Å². The summed E-state index contributed by atoms with van der Waals surface area (Å²) < 4.78 is 13.5. The maximum Gasteiger partial charge on any atom is 0.220 e. The van der Waals surface area contributed by atoms with Crippen molar-refractivity contribution in [3.63, 3.8) is 0 Å². The normalized spacial score (nSPS) is 18.0. The molecule has 0 radical (unpaired) electrons. The van der Waals surface area contributed by atoms with Gasteiger partial charge < -0.3 is 10.3 Å². The van der Waals surface area contributed by atoms with Crippen LogP contribution in [0.1, 0.15) is 37.9 Å². The Morgan fingerprint density at radius 1 is 1.48 bits per heavy atom. The van der Waals surface area contributed by atoms with Crippen molar-refractivity contribution in [1.82, 2.24) is 10.3 Å². The monoisotopic (exact) mass is 288 g/mol. The molecule has 1 aromatic carbocycles. The second-order valence-electron chi connectivity index (χ2n) is 6.38. The second kappa shape index (κ2) is 5.51. The lowest BCUT2D eigenvalue weighted by atomic mass is 9.91. The number of H-pyrrole nitrogens is 1. The number of carbonyl (C=O) groups is 1. The van der Waals surface area contributed by atoms with E-state index in [0.29, 0.717) is 12.3 Å². The second-order valence-corrected chi connectivity index (χ2v) is 6.38. The van der Waals surface area contributed by atoms with E-state index < -0.39 is 0 Å². The molecule has 1 amide bonds. The van der Waals surface area contributed by atoms with Gasteiger partial charge in [0.05, 0.1) is 0 Å². The first-order valence-electron chi connectivity index (χ1n) is 7.61. The van der Waals surface area contributed by atoms with E-state index >= 15 is 0 Å². The Labute approximate surface area is 123 Å². The Bertz CT molecular complexity index is 675. The third kappa shape index (κ3) is 2.94. The highest BCUT2D eigenvalue weighted by Crippen LogP contribution is 2.29. The number of benzene rings is 1. The van der Waals surface area contributed by atoms with E-state index in [0.717, 1.165) is 35.7 Å². The highest BCUT2D eigenvalue weighted by atomic mass is 19.1. The molecule has 0 fully saturated rings. The molecular formula is C17H21FN2O. The standard InChI is InChI=1S/C17H21FN2O/c1-10(2)7-17(21)19-12-4-6-16-14(9-12)13-8-11(18)3-5-15(13)20-16/h3,5,8,10,12,20H,4,6-7,9H2,1-2H3,(H,19,21). The lowest BCUT2D eigenvalue weighted by Gasteiger charge is -2.24. The highest BCUT2D eigenvalue weighted by molar-refractivity contribution is 5.85. The zero-order valence-corrected chi connectivity index (χ0v) is 12.5. The summed E-state index contributed by atoms with van der Waals surface area (Å²) in [4.78, 5) is 15.3. The van der Waals surface area contributed by atoms with Crippen molar-refractivity contribution in [1.29, 1.82) is 0 Å². The highest BCUT2D eigenvalue weighted by Gasteiger charge is 2.24. The van der Waals surface area contributed by atoms with Gasteiger partial charge in [-0.15, -0.1) is 0 Å². The summed E-state index contributed by atoms with van der Waals surface area (Å²) in [5.41, 5.74) is 3.33. The molecule has 4 heteroatoms. The number of hydrogen-bond donors (Lipinski definition) is 2. The summed E-state index contributed by atoms with van der Waals surface area (Å²) in [6.45, 7) is 4.09. The topological polar surface area (TPSA) is 44.9 Å². The molecular weight excluding hydrogens is 267 g/mol. The van der Waals surface area contributed by atoms with Crippen molar-refractivity contribution in [3.8, 4) is 0 Å². The van der Waals surface area contributed by atoms with Crippen LogP contribution in [0.2, 0.25) is 0 Å². The number of aryl methyl sites for hydroxylation is 1. The molecule has 1 heterocycles. The first-order chi connectivity index (χ1) is 10.0. The first-order valence-corrected chi connectivity index (χ1v) is 7.61. The SMILES string of the molecule is CC(C)CC(=O)NC1CCc2[nH]c3ccc(F)cc3c2C1. The van der Waals surface area contributed by atoms with Crippen molar-refractivity contribution in [3.05, 3.63) is 35.3 Å². The summed E-state index contributed by atoms with van der Waals surface area (Å²) in [5, 5.41) is 4.07. The van der Waals surface area contributed by atoms with E-state index in [4.69, 9.17) is 0 Å². The van der Waals surface area contributed by atoms with E-state index in [9.17, 15) is 9.18 Å². The van der Waals surface area contributed by atoms with Gasteiger partial charge in [-0.25, -0.2) is 4.39 Å². The molecule has 1 aromatic heterocycles. The van der Waals surface area contributed by atoms with Crippen LogP contribution in [-0.4, -0.2) is 16.9 Å². The van der Waals surface area contributed by atoms with E-state index in [1.807, 2.05) is 13.8 Å². The fourth-order valence-corrected chi connectivity index (χ4v) is 3.17. The van der Waals surface area contributed by atoms with E-state index in [1.165, 1.54) is 11.8 Å². The molecule has 3 rings (SSSR count). The van der Waals surface area contributed by atoms with E-state index in [1.54, 1.807) is 12.1 Å². The van der Waals surface area contributed by atoms with Crippen LogP contribution in [0.25, 0.3) is 10.9 Å². The van der Waals surface area contributed by atoms with Gasteiger partial charge in [-0.2, -0.15) is 0 Å². The molecule has 2 N–H and O–H groups in total. The molecule has 1 unspecified atom stereocenters. The molecule has 1 atom stereocenters. The molecule has 3 nitrogen and oxygen atoms in total. The number of carbonyl (C=O) groups excluding carboxylic acids is 1. The lowest BCUT2D eigenvalue weighted by molar-refractivity contribution is -0.122. The van der Waals surface area contributed by atoms with Gasteiger partial charge in [0.25, 0.3) is 0 Å². The van der Waals surface area contributed by atoms with Gasteiger partial charge >= 0.3 is 0 Å². The van der Waals surface area contributed by atoms with Crippen molar-refractivity contribution in [2.45, 2.75) is 45.6 Å². The van der Waals surface area contributed by atoms with Crippen LogP contribution in [0, 0.1) is 11.7 Å². The van der Waals surface area contributed by atoms with Crippen molar-refractivity contribution in [2.24, 2.45) is 5.92 Å². The minimum absolute atomic E-state index is 0.115. The van der Waals surface area contributed by atoms with Gasteiger partial charge in [0.2, 0.25) is 5.91 Å². The fraction of sp³-hybridized carbons (Fsp3) is 0.471. The maximum absolute atomic E-state index is 13.5. The number of fused-ring (bicyclic) bond motifs is 3. The smallest absolute Gasteiger partial charge is 0.220 e. The molecule has 1 aliphatic carbocycles. The molecule has 0 spiro atoms. The molecule has 0 bridgehead atoms. The van der Waals surface area contributed by atoms with Crippen LogP contribution < -0.4 is 5.32 Å². The average Bonchev–Trinajstić information content (AvgIpc) is 2.75. The van der Waals surface area contributed by atoms with Crippen molar-refractivity contribution >= 4 is 16.8 Å². The van der Waals surface area contributed by atoms with Crippen LogP contribution in [0.5, 0.6) is 0 Å². The Hall–Kier alpha value is -1.84. The first kappa shape index (κ1) is 14.1. The number of aromatic nitrogens is 1. The zero-order valence-electron chi connectivity index (χ0n) is 12.5. The number of halogens is 1. The van der Waals surface area contributed by atoms with E-state index in [-0.39, 0.29) is 17.8 Å². The largest absolute Gasteiger partial charge is 0.358 e. The van der Waals surface area contributed by atoms with Gasteiger partial charge in [0.1, 0.15) is 5.82 Å².